The average Bonchev–Trinajstić information content (AvgIpc) is 2.84. The summed E-state index contributed by atoms with van der Waals surface area (Å²) in [4.78, 5) is 18.4. The zero-order valence-corrected chi connectivity index (χ0v) is 11.7. The van der Waals surface area contributed by atoms with Crippen molar-refractivity contribution in [1.82, 2.24) is 9.97 Å². The third-order valence-corrected chi connectivity index (χ3v) is 3.64. The van der Waals surface area contributed by atoms with E-state index in [9.17, 15) is 9.18 Å². The van der Waals surface area contributed by atoms with Crippen LogP contribution in [0.3, 0.4) is 0 Å². The van der Waals surface area contributed by atoms with E-state index in [0.717, 1.165) is 17.2 Å². The van der Waals surface area contributed by atoms with Crippen LogP contribution in [-0.4, -0.2) is 21.0 Å². The molecule has 0 spiro atoms. The monoisotopic (exact) mass is 304 g/mol. The van der Waals surface area contributed by atoms with Crippen molar-refractivity contribution in [3.05, 3.63) is 52.3 Å². The zero-order valence-electron chi connectivity index (χ0n) is 10.9. The fourth-order valence-corrected chi connectivity index (χ4v) is 2.29. The first kappa shape index (κ1) is 13.6. The summed E-state index contributed by atoms with van der Waals surface area (Å²) in [7, 11) is 0. The average molecular weight is 305 g/mol. The second-order valence-electron chi connectivity index (χ2n) is 4.70. The molecule has 0 bridgehead atoms. The number of aryl methyl sites for hydroxylation is 1. The summed E-state index contributed by atoms with van der Waals surface area (Å²) in [6, 6.07) is 7.52. The molecule has 3 rings (SSSR count). The largest absolute Gasteiger partial charge is 0.478 e. The van der Waals surface area contributed by atoms with Crippen LogP contribution in [0.4, 0.5) is 4.39 Å². The van der Waals surface area contributed by atoms with E-state index in [1.54, 1.807) is 12.1 Å². The van der Waals surface area contributed by atoms with Crippen molar-refractivity contribution in [2.75, 3.05) is 0 Å². The topological polar surface area (TPSA) is 66.0 Å². The summed E-state index contributed by atoms with van der Waals surface area (Å²) in [6.45, 7) is 1.86. The van der Waals surface area contributed by atoms with Crippen LogP contribution in [0.15, 0.2) is 30.3 Å². The summed E-state index contributed by atoms with van der Waals surface area (Å²) >= 11 is 5.98. The number of hydrogen-bond acceptors (Lipinski definition) is 2. The highest BCUT2D eigenvalue weighted by atomic mass is 35.5. The highest BCUT2D eigenvalue weighted by molar-refractivity contribution is 6.31. The molecule has 21 heavy (non-hydrogen) atoms. The minimum Gasteiger partial charge on any atom is -0.478 e. The number of benzene rings is 2. The van der Waals surface area contributed by atoms with Gasteiger partial charge in [0.2, 0.25) is 0 Å². The second-order valence-corrected chi connectivity index (χ2v) is 5.11. The van der Waals surface area contributed by atoms with Gasteiger partial charge in [-0.2, -0.15) is 0 Å². The van der Waals surface area contributed by atoms with E-state index in [2.05, 4.69) is 9.97 Å². The van der Waals surface area contributed by atoms with E-state index in [-0.39, 0.29) is 11.1 Å². The first-order chi connectivity index (χ1) is 9.95. The van der Waals surface area contributed by atoms with Crippen LogP contribution >= 0.6 is 11.6 Å². The van der Waals surface area contributed by atoms with Gasteiger partial charge in [-0.3, -0.25) is 0 Å². The molecule has 2 aromatic carbocycles. The van der Waals surface area contributed by atoms with Crippen LogP contribution in [0, 0.1) is 12.7 Å². The van der Waals surface area contributed by atoms with Gasteiger partial charge < -0.3 is 10.1 Å². The number of carboxylic acids is 1. The number of aromatic amines is 1. The van der Waals surface area contributed by atoms with Gasteiger partial charge in [-0.25, -0.2) is 14.2 Å². The Morgan fingerprint density at radius 3 is 2.76 bits per heavy atom. The van der Waals surface area contributed by atoms with E-state index in [1.807, 2.05) is 13.0 Å². The minimum absolute atomic E-state index is 0.168. The fourth-order valence-electron chi connectivity index (χ4n) is 2.17. The summed E-state index contributed by atoms with van der Waals surface area (Å²) in [5, 5.41) is 9.76. The van der Waals surface area contributed by atoms with Gasteiger partial charge in [0.15, 0.2) is 0 Å². The first-order valence-electron chi connectivity index (χ1n) is 6.15. The smallest absolute Gasteiger partial charge is 0.338 e. The van der Waals surface area contributed by atoms with E-state index in [1.165, 1.54) is 6.07 Å². The maximum Gasteiger partial charge on any atom is 0.338 e. The number of nitrogens with zero attached hydrogens (tertiary/aromatic N) is 1. The van der Waals surface area contributed by atoms with Crippen molar-refractivity contribution in [1.29, 1.82) is 0 Å². The number of rotatable bonds is 2. The molecule has 0 amide bonds. The van der Waals surface area contributed by atoms with Gasteiger partial charge in [-0.15, -0.1) is 0 Å². The summed E-state index contributed by atoms with van der Waals surface area (Å²) in [5.74, 6) is -1.37. The lowest BCUT2D eigenvalue weighted by molar-refractivity contribution is 0.0698. The van der Waals surface area contributed by atoms with Crippen molar-refractivity contribution in [2.24, 2.45) is 0 Å². The van der Waals surface area contributed by atoms with Gasteiger partial charge in [0.05, 0.1) is 11.1 Å². The molecule has 1 heterocycles. The van der Waals surface area contributed by atoms with Gasteiger partial charge in [-0.1, -0.05) is 11.6 Å². The lowest BCUT2D eigenvalue weighted by Gasteiger charge is -2.00. The summed E-state index contributed by atoms with van der Waals surface area (Å²) in [6.07, 6.45) is 0. The molecule has 0 aliphatic carbocycles. The number of carbonyl (C=O) groups is 1. The lowest BCUT2D eigenvalue weighted by Crippen LogP contribution is -1.98. The van der Waals surface area contributed by atoms with E-state index < -0.39 is 11.8 Å². The molecular formula is C15H10ClFN2O2. The van der Waals surface area contributed by atoms with Gasteiger partial charge in [0, 0.05) is 10.6 Å². The third kappa shape index (κ3) is 2.36. The molecule has 3 aromatic rings. The minimum atomic E-state index is -1.22. The molecular weight excluding hydrogens is 295 g/mol. The highest BCUT2D eigenvalue weighted by Gasteiger charge is 2.15. The Bertz CT molecular complexity index is 873. The van der Waals surface area contributed by atoms with Crippen LogP contribution in [-0.2, 0) is 0 Å². The number of halogens is 2. The van der Waals surface area contributed by atoms with E-state index in [4.69, 9.17) is 16.7 Å². The molecule has 0 unspecified atom stereocenters. The number of carboxylic acid groups (broad SMARTS) is 1. The van der Waals surface area contributed by atoms with Gasteiger partial charge in [0.25, 0.3) is 0 Å². The maximum atomic E-state index is 13.5. The number of aromatic nitrogens is 2. The van der Waals surface area contributed by atoms with Crippen molar-refractivity contribution in [2.45, 2.75) is 6.92 Å². The molecule has 0 fully saturated rings. The van der Waals surface area contributed by atoms with Crippen molar-refractivity contribution >= 4 is 28.6 Å². The number of H-pyrrole nitrogens is 1. The third-order valence-electron chi connectivity index (χ3n) is 3.21. The van der Waals surface area contributed by atoms with Gasteiger partial charge >= 0.3 is 5.97 Å². The molecule has 106 valence electrons. The molecule has 6 heteroatoms. The number of nitrogens with one attached hydrogen (secondary N) is 1. The van der Waals surface area contributed by atoms with E-state index in [0.29, 0.717) is 16.4 Å². The normalized spacial score (nSPS) is 11.0. The Balaban J connectivity index is 2.23. The summed E-state index contributed by atoms with van der Waals surface area (Å²) in [5.41, 5.74) is 2.03. The Kier molecular flexibility index (Phi) is 3.14. The molecule has 0 atom stereocenters. The van der Waals surface area contributed by atoms with Crippen molar-refractivity contribution in [3.63, 3.8) is 0 Å². The SMILES string of the molecule is Cc1cc(-c2nc3c(C(=O)O)cc(F)cc3[nH]2)ccc1Cl. The second kappa shape index (κ2) is 4.86. The Morgan fingerprint density at radius 1 is 1.33 bits per heavy atom. The predicted molar refractivity (Wildman–Crippen MR) is 78.2 cm³/mol. The van der Waals surface area contributed by atoms with Crippen LogP contribution in [0.25, 0.3) is 22.4 Å². The van der Waals surface area contributed by atoms with Crippen LogP contribution in [0.2, 0.25) is 5.02 Å². The highest BCUT2D eigenvalue weighted by Crippen LogP contribution is 2.26. The van der Waals surface area contributed by atoms with E-state index >= 15 is 0 Å². The molecule has 0 saturated heterocycles. The Hall–Kier alpha value is -2.40. The standard InChI is InChI=1S/C15H10ClFN2O2/c1-7-4-8(2-3-11(7)16)14-18-12-6-9(17)5-10(15(20)21)13(12)19-14/h2-6H,1H3,(H,18,19)(H,20,21). The number of imidazole rings is 1. The molecule has 4 nitrogen and oxygen atoms in total. The molecule has 0 saturated carbocycles. The van der Waals surface area contributed by atoms with Crippen molar-refractivity contribution in [3.8, 4) is 11.4 Å². The Labute approximate surface area is 124 Å². The molecule has 0 aliphatic heterocycles. The number of fused-ring (bicyclic) bond motifs is 1. The predicted octanol–water partition coefficient (Wildman–Crippen LogP) is 4.03. The van der Waals surface area contributed by atoms with Crippen molar-refractivity contribution < 1.29 is 14.3 Å². The molecule has 2 N–H and O–H groups in total. The van der Waals surface area contributed by atoms with Gasteiger partial charge in [-0.05, 0) is 42.8 Å². The molecule has 0 radical (unpaired) electrons. The van der Waals surface area contributed by atoms with Gasteiger partial charge in [0.1, 0.15) is 17.2 Å². The molecule has 0 aliphatic rings. The number of aromatic carboxylic acids is 1. The Morgan fingerprint density at radius 2 is 2.10 bits per heavy atom. The first-order valence-corrected chi connectivity index (χ1v) is 6.52. The summed E-state index contributed by atoms with van der Waals surface area (Å²) < 4.78 is 13.5. The molecule has 1 aromatic heterocycles. The lowest BCUT2D eigenvalue weighted by atomic mass is 10.1. The van der Waals surface area contributed by atoms with Crippen LogP contribution < -0.4 is 0 Å². The van der Waals surface area contributed by atoms with Crippen LogP contribution in [0.5, 0.6) is 0 Å². The maximum absolute atomic E-state index is 13.5. The zero-order chi connectivity index (χ0) is 15.1. The number of hydrogen-bond donors (Lipinski definition) is 2. The fraction of sp³-hybridized carbons (Fsp3) is 0.0667. The quantitative estimate of drug-likeness (QED) is 0.751. The van der Waals surface area contributed by atoms with Crippen LogP contribution in [0.1, 0.15) is 15.9 Å².